The fourth-order valence-corrected chi connectivity index (χ4v) is 2.18. The Balaban J connectivity index is 2.70. The van der Waals surface area contributed by atoms with Gasteiger partial charge in [-0.3, -0.25) is 0 Å². The molecule has 0 spiro atoms. The monoisotopic (exact) mass is 312 g/mol. The molecule has 0 fully saturated rings. The van der Waals surface area contributed by atoms with Crippen LogP contribution in [0.5, 0.6) is 5.75 Å². The van der Waals surface area contributed by atoms with Crippen LogP contribution in [0.15, 0.2) is 12.1 Å². The Morgan fingerprint density at radius 1 is 0.909 bits per heavy atom. The zero-order valence-corrected chi connectivity index (χ0v) is 14.2. The highest BCUT2D eigenvalue weighted by Gasteiger charge is 2.12. The topological polar surface area (TPSA) is 57.2 Å². The molecule has 0 saturated heterocycles. The molecular formula is C17H28O5. The third-order valence-electron chi connectivity index (χ3n) is 3.26. The van der Waals surface area contributed by atoms with Gasteiger partial charge in [0.2, 0.25) is 0 Å². The van der Waals surface area contributed by atoms with Crippen molar-refractivity contribution in [2.24, 2.45) is 0 Å². The van der Waals surface area contributed by atoms with E-state index in [1.54, 1.807) is 14.2 Å². The SMILES string of the molecule is COCC(C)OCc1cc(C)cc(COC(C)COC)c1O. The number of methoxy groups -OCH3 is 2. The summed E-state index contributed by atoms with van der Waals surface area (Å²) in [4.78, 5) is 0. The lowest BCUT2D eigenvalue weighted by atomic mass is 10.1. The van der Waals surface area contributed by atoms with Crippen LogP contribution in [0.4, 0.5) is 0 Å². The summed E-state index contributed by atoms with van der Waals surface area (Å²) in [5.41, 5.74) is 2.59. The quantitative estimate of drug-likeness (QED) is 0.720. The molecule has 0 aliphatic rings. The first-order valence-corrected chi connectivity index (χ1v) is 7.50. The molecule has 1 aromatic carbocycles. The van der Waals surface area contributed by atoms with Crippen molar-refractivity contribution in [3.8, 4) is 5.75 Å². The van der Waals surface area contributed by atoms with Crippen LogP contribution in [0.3, 0.4) is 0 Å². The molecule has 22 heavy (non-hydrogen) atoms. The molecule has 0 aromatic heterocycles. The Morgan fingerprint density at radius 2 is 1.32 bits per heavy atom. The van der Waals surface area contributed by atoms with E-state index in [1.165, 1.54) is 0 Å². The van der Waals surface area contributed by atoms with Crippen molar-refractivity contribution in [2.75, 3.05) is 27.4 Å². The molecule has 2 unspecified atom stereocenters. The Bertz CT molecular complexity index is 410. The van der Waals surface area contributed by atoms with Gasteiger partial charge in [-0.05, 0) is 20.8 Å². The Hall–Kier alpha value is -1.14. The standard InChI is InChI=1S/C17H28O5/c1-12-6-15(10-21-13(2)8-19-4)17(18)16(7-12)11-22-14(3)9-20-5/h6-7,13-14,18H,8-11H2,1-5H3. The minimum atomic E-state index is -0.0219. The van der Waals surface area contributed by atoms with Crippen LogP contribution >= 0.6 is 0 Å². The predicted octanol–water partition coefficient (Wildman–Crippen LogP) is 2.80. The largest absolute Gasteiger partial charge is 0.507 e. The van der Waals surface area contributed by atoms with Crippen molar-refractivity contribution in [2.45, 2.75) is 46.2 Å². The number of benzene rings is 1. The Morgan fingerprint density at radius 3 is 1.68 bits per heavy atom. The lowest BCUT2D eigenvalue weighted by Crippen LogP contribution is -2.15. The van der Waals surface area contributed by atoms with Gasteiger partial charge < -0.3 is 24.1 Å². The fraction of sp³-hybridized carbons (Fsp3) is 0.647. The first-order valence-electron chi connectivity index (χ1n) is 7.50. The normalized spacial score (nSPS) is 14.0. The average molecular weight is 312 g/mol. The zero-order chi connectivity index (χ0) is 16.5. The molecule has 5 nitrogen and oxygen atoms in total. The van der Waals surface area contributed by atoms with Gasteiger partial charge in [-0.2, -0.15) is 0 Å². The van der Waals surface area contributed by atoms with Crippen molar-refractivity contribution in [1.29, 1.82) is 0 Å². The second kappa shape index (κ2) is 9.79. The molecule has 126 valence electrons. The third kappa shape index (κ3) is 6.32. The summed E-state index contributed by atoms with van der Waals surface area (Å²) >= 11 is 0. The minimum Gasteiger partial charge on any atom is -0.507 e. The van der Waals surface area contributed by atoms with Crippen LogP contribution in [0.1, 0.15) is 30.5 Å². The van der Waals surface area contributed by atoms with E-state index in [-0.39, 0.29) is 18.0 Å². The van der Waals surface area contributed by atoms with Crippen LogP contribution in [0, 0.1) is 6.92 Å². The highest BCUT2D eigenvalue weighted by molar-refractivity contribution is 5.42. The van der Waals surface area contributed by atoms with E-state index >= 15 is 0 Å². The summed E-state index contributed by atoms with van der Waals surface area (Å²) in [5.74, 6) is 0.236. The summed E-state index contributed by atoms with van der Waals surface area (Å²) in [5, 5.41) is 10.4. The molecule has 0 aliphatic heterocycles. The van der Waals surface area contributed by atoms with E-state index in [2.05, 4.69) is 0 Å². The molecule has 5 heteroatoms. The van der Waals surface area contributed by atoms with Gasteiger partial charge in [0.15, 0.2) is 0 Å². The lowest BCUT2D eigenvalue weighted by Gasteiger charge is -2.17. The van der Waals surface area contributed by atoms with Crippen molar-refractivity contribution >= 4 is 0 Å². The van der Waals surface area contributed by atoms with Gasteiger partial charge in [-0.15, -0.1) is 0 Å². The molecule has 0 radical (unpaired) electrons. The highest BCUT2D eigenvalue weighted by atomic mass is 16.5. The molecule has 0 saturated carbocycles. The second-order valence-electron chi connectivity index (χ2n) is 5.59. The summed E-state index contributed by atoms with van der Waals surface area (Å²) in [6.45, 7) is 7.61. The van der Waals surface area contributed by atoms with Gasteiger partial charge in [0, 0.05) is 25.3 Å². The molecular weight excluding hydrogens is 284 g/mol. The fourth-order valence-electron chi connectivity index (χ4n) is 2.18. The second-order valence-corrected chi connectivity index (χ2v) is 5.59. The minimum absolute atomic E-state index is 0.0219. The maximum atomic E-state index is 10.4. The van der Waals surface area contributed by atoms with Crippen molar-refractivity contribution in [3.63, 3.8) is 0 Å². The van der Waals surface area contributed by atoms with Crippen LogP contribution in [-0.4, -0.2) is 44.7 Å². The number of rotatable bonds is 10. The Labute approximate surface area is 133 Å². The molecule has 2 atom stereocenters. The summed E-state index contributed by atoms with van der Waals surface area (Å²) in [6, 6.07) is 3.86. The van der Waals surface area contributed by atoms with E-state index < -0.39 is 0 Å². The number of aryl methyl sites for hydroxylation is 1. The predicted molar refractivity (Wildman–Crippen MR) is 85.1 cm³/mol. The molecule has 1 aromatic rings. The Kier molecular flexibility index (Phi) is 8.42. The number of ether oxygens (including phenoxy) is 4. The molecule has 1 rings (SSSR count). The summed E-state index contributed by atoms with van der Waals surface area (Å²) in [7, 11) is 3.28. The third-order valence-corrected chi connectivity index (χ3v) is 3.26. The molecule has 1 N–H and O–H groups in total. The smallest absolute Gasteiger partial charge is 0.126 e. The summed E-state index contributed by atoms with van der Waals surface area (Å²) < 4.78 is 21.4. The molecule has 0 aliphatic carbocycles. The number of phenolic OH excluding ortho intramolecular Hbond substituents is 1. The van der Waals surface area contributed by atoms with E-state index in [9.17, 15) is 5.11 Å². The van der Waals surface area contributed by atoms with Crippen LogP contribution in [-0.2, 0) is 32.2 Å². The zero-order valence-electron chi connectivity index (χ0n) is 14.2. The van der Waals surface area contributed by atoms with Crippen LogP contribution < -0.4 is 0 Å². The number of hydrogen-bond donors (Lipinski definition) is 1. The maximum absolute atomic E-state index is 10.4. The molecule has 0 bridgehead atoms. The van der Waals surface area contributed by atoms with Crippen molar-refractivity contribution in [3.05, 3.63) is 28.8 Å². The first kappa shape index (κ1) is 18.9. The molecule has 0 heterocycles. The highest BCUT2D eigenvalue weighted by Crippen LogP contribution is 2.26. The van der Waals surface area contributed by atoms with Crippen LogP contribution in [0.2, 0.25) is 0 Å². The van der Waals surface area contributed by atoms with Gasteiger partial charge in [-0.25, -0.2) is 0 Å². The lowest BCUT2D eigenvalue weighted by molar-refractivity contribution is -0.00334. The van der Waals surface area contributed by atoms with Gasteiger partial charge in [-0.1, -0.05) is 17.7 Å². The number of aromatic hydroxyl groups is 1. The van der Waals surface area contributed by atoms with Crippen LogP contribution in [0.25, 0.3) is 0 Å². The van der Waals surface area contributed by atoms with Gasteiger partial charge in [0.1, 0.15) is 5.75 Å². The summed E-state index contributed by atoms with van der Waals surface area (Å²) in [6.07, 6.45) is -0.0438. The van der Waals surface area contributed by atoms with E-state index in [0.29, 0.717) is 26.4 Å². The van der Waals surface area contributed by atoms with Crippen molar-refractivity contribution in [1.82, 2.24) is 0 Å². The van der Waals surface area contributed by atoms with Crippen molar-refractivity contribution < 1.29 is 24.1 Å². The number of phenols is 1. The first-order chi connectivity index (χ1) is 10.5. The van der Waals surface area contributed by atoms with Gasteiger partial charge >= 0.3 is 0 Å². The average Bonchev–Trinajstić information content (AvgIpc) is 2.47. The molecule has 0 amide bonds. The van der Waals surface area contributed by atoms with E-state index in [1.807, 2.05) is 32.9 Å². The maximum Gasteiger partial charge on any atom is 0.126 e. The number of hydrogen-bond acceptors (Lipinski definition) is 5. The van der Waals surface area contributed by atoms with Gasteiger partial charge in [0.25, 0.3) is 0 Å². The van der Waals surface area contributed by atoms with Gasteiger partial charge in [0.05, 0.1) is 38.6 Å². The van der Waals surface area contributed by atoms with E-state index in [4.69, 9.17) is 18.9 Å². The van der Waals surface area contributed by atoms with E-state index in [0.717, 1.165) is 16.7 Å².